The molecule has 1 heteroatoms. The van der Waals surface area contributed by atoms with Crippen molar-refractivity contribution in [2.24, 2.45) is 0 Å². The minimum absolute atomic E-state index is 1.02. The first-order valence-corrected chi connectivity index (χ1v) is 15.1. The topological polar surface area (TPSA) is 12.9 Å². The summed E-state index contributed by atoms with van der Waals surface area (Å²) in [6.45, 7) is 0. The average molecular weight is 558 g/mol. The second-order valence-corrected chi connectivity index (χ2v) is 11.6. The van der Waals surface area contributed by atoms with E-state index in [1.807, 2.05) is 12.3 Å². The van der Waals surface area contributed by atoms with Crippen LogP contribution in [0.25, 0.3) is 87.7 Å². The molecule has 0 saturated heterocycles. The fourth-order valence-electron chi connectivity index (χ4n) is 6.84. The lowest BCUT2D eigenvalue weighted by molar-refractivity contribution is 1.41. The van der Waals surface area contributed by atoms with Crippen molar-refractivity contribution >= 4 is 43.2 Å². The molecule has 0 N–H and O–H groups in total. The van der Waals surface area contributed by atoms with E-state index in [1.54, 1.807) is 0 Å². The lowest BCUT2D eigenvalue weighted by Gasteiger charge is -2.15. The van der Waals surface area contributed by atoms with E-state index in [1.165, 1.54) is 76.8 Å². The van der Waals surface area contributed by atoms with Crippen LogP contribution in [0, 0.1) is 0 Å². The van der Waals surface area contributed by atoms with E-state index in [2.05, 4.69) is 157 Å². The Morgan fingerprint density at radius 3 is 1.59 bits per heavy atom. The second kappa shape index (κ2) is 9.90. The van der Waals surface area contributed by atoms with Gasteiger partial charge in [0.25, 0.3) is 0 Å². The molecule has 1 nitrogen and oxygen atoms in total. The van der Waals surface area contributed by atoms with Crippen molar-refractivity contribution in [1.29, 1.82) is 0 Å². The fraction of sp³-hybridized carbons (Fsp3) is 0. The summed E-state index contributed by atoms with van der Waals surface area (Å²) >= 11 is 0. The highest BCUT2D eigenvalue weighted by Gasteiger charge is 2.13. The Kier molecular flexibility index (Phi) is 5.57. The number of nitrogens with zero attached hydrogens (tertiary/aromatic N) is 1. The molecule has 44 heavy (non-hydrogen) atoms. The van der Waals surface area contributed by atoms with E-state index in [9.17, 15) is 0 Å². The Morgan fingerprint density at radius 2 is 0.841 bits per heavy atom. The first-order chi connectivity index (χ1) is 21.8. The van der Waals surface area contributed by atoms with Crippen LogP contribution in [0.15, 0.2) is 164 Å². The Hall–Kier alpha value is -5.79. The molecule has 0 spiro atoms. The van der Waals surface area contributed by atoms with Crippen LogP contribution in [0.5, 0.6) is 0 Å². The molecule has 0 bridgehead atoms. The highest BCUT2D eigenvalue weighted by molar-refractivity contribution is 6.25. The van der Waals surface area contributed by atoms with E-state index in [4.69, 9.17) is 0 Å². The van der Waals surface area contributed by atoms with Gasteiger partial charge in [-0.3, -0.25) is 4.98 Å². The molecule has 0 aliphatic rings. The summed E-state index contributed by atoms with van der Waals surface area (Å²) in [7, 11) is 0. The van der Waals surface area contributed by atoms with E-state index >= 15 is 0 Å². The molecule has 9 rings (SSSR count). The number of fused-ring (bicyclic) bond motifs is 1. The molecular weight excluding hydrogens is 530 g/mol. The number of pyridine rings is 1. The summed E-state index contributed by atoms with van der Waals surface area (Å²) in [6.07, 6.45) is 1.84. The predicted octanol–water partition coefficient (Wildman–Crippen LogP) is 11.8. The first kappa shape index (κ1) is 24.8. The van der Waals surface area contributed by atoms with Crippen LogP contribution in [0.1, 0.15) is 0 Å². The highest BCUT2D eigenvalue weighted by Crippen LogP contribution is 2.40. The van der Waals surface area contributed by atoms with Crippen LogP contribution in [-0.4, -0.2) is 4.98 Å². The second-order valence-electron chi connectivity index (χ2n) is 11.6. The summed E-state index contributed by atoms with van der Waals surface area (Å²) in [4.78, 5) is 4.47. The van der Waals surface area contributed by atoms with Crippen LogP contribution in [-0.2, 0) is 0 Å². The van der Waals surface area contributed by atoms with Crippen LogP contribution >= 0.6 is 0 Å². The van der Waals surface area contributed by atoms with Crippen molar-refractivity contribution in [3.8, 4) is 44.5 Å². The third-order valence-corrected chi connectivity index (χ3v) is 9.05. The normalized spacial score (nSPS) is 11.6. The minimum atomic E-state index is 1.02. The smallest absolute Gasteiger partial charge is 0.0702 e. The largest absolute Gasteiger partial charge is 0.256 e. The molecule has 0 atom stereocenters. The van der Waals surface area contributed by atoms with Gasteiger partial charge in [-0.15, -0.1) is 0 Å². The van der Waals surface area contributed by atoms with Gasteiger partial charge in [0, 0.05) is 11.6 Å². The van der Waals surface area contributed by atoms with Gasteiger partial charge in [-0.25, -0.2) is 0 Å². The van der Waals surface area contributed by atoms with E-state index in [0.29, 0.717) is 0 Å². The van der Waals surface area contributed by atoms with Gasteiger partial charge in [0.15, 0.2) is 0 Å². The Bertz CT molecular complexity index is 2470. The Balaban J connectivity index is 1.06. The van der Waals surface area contributed by atoms with Gasteiger partial charge in [-0.05, 0) is 107 Å². The molecule has 8 aromatic carbocycles. The predicted molar refractivity (Wildman–Crippen MR) is 187 cm³/mol. The number of aromatic nitrogens is 1. The number of hydrogen-bond donors (Lipinski definition) is 0. The van der Waals surface area contributed by atoms with Crippen molar-refractivity contribution in [3.63, 3.8) is 0 Å². The summed E-state index contributed by atoms with van der Waals surface area (Å²) in [5.41, 5.74) is 10.8. The molecule has 1 heterocycles. The third-order valence-electron chi connectivity index (χ3n) is 9.05. The summed E-state index contributed by atoms with van der Waals surface area (Å²) in [5, 5.41) is 9.07. The number of rotatable bonds is 4. The molecule has 0 unspecified atom stereocenters. The van der Waals surface area contributed by atoms with Gasteiger partial charge in [-0.2, -0.15) is 0 Å². The van der Waals surface area contributed by atoms with Gasteiger partial charge in [0.05, 0.1) is 5.52 Å². The zero-order chi connectivity index (χ0) is 29.0. The van der Waals surface area contributed by atoms with Gasteiger partial charge in [0.1, 0.15) is 0 Å². The molecule has 0 amide bonds. The lowest BCUT2D eigenvalue weighted by atomic mass is 9.89. The molecule has 0 saturated carbocycles. The van der Waals surface area contributed by atoms with Crippen LogP contribution < -0.4 is 0 Å². The fourth-order valence-corrected chi connectivity index (χ4v) is 6.84. The van der Waals surface area contributed by atoms with E-state index < -0.39 is 0 Å². The summed E-state index contributed by atoms with van der Waals surface area (Å²) in [5.74, 6) is 0. The Labute approximate surface area is 256 Å². The molecule has 1 aromatic heterocycles. The monoisotopic (exact) mass is 557 g/mol. The Morgan fingerprint density at radius 1 is 0.318 bits per heavy atom. The molecule has 0 fully saturated rings. The minimum Gasteiger partial charge on any atom is -0.256 e. The zero-order valence-electron chi connectivity index (χ0n) is 24.0. The number of hydrogen-bond acceptors (Lipinski definition) is 1. The van der Waals surface area contributed by atoms with Crippen molar-refractivity contribution in [1.82, 2.24) is 4.98 Å². The maximum absolute atomic E-state index is 4.47. The van der Waals surface area contributed by atoms with Crippen molar-refractivity contribution < 1.29 is 0 Å². The SMILES string of the molecule is c1cc(-c2ccc(-c3cccc(-c4ccc5ccc6cccc7ccc4c5c67)c3)cc2)cc(-c2ccc3ncccc3c2)c1. The molecule has 0 aliphatic heterocycles. The molecular formula is C43H27N. The summed E-state index contributed by atoms with van der Waals surface area (Å²) < 4.78 is 0. The van der Waals surface area contributed by atoms with Crippen molar-refractivity contribution in [2.75, 3.05) is 0 Å². The molecule has 9 aromatic rings. The van der Waals surface area contributed by atoms with Crippen molar-refractivity contribution in [3.05, 3.63) is 164 Å². The maximum Gasteiger partial charge on any atom is 0.0702 e. The van der Waals surface area contributed by atoms with Gasteiger partial charge >= 0.3 is 0 Å². The van der Waals surface area contributed by atoms with Crippen LogP contribution in [0.4, 0.5) is 0 Å². The van der Waals surface area contributed by atoms with Gasteiger partial charge in [0.2, 0.25) is 0 Å². The summed E-state index contributed by atoms with van der Waals surface area (Å²) in [6, 6.07) is 57.5. The van der Waals surface area contributed by atoms with Gasteiger partial charge in [-0.1, -0.05) is 127 Å². The third kappa shape index (κ3) is 4.06. The van der Waals surface area contributed by atoms with E-state index in [0.717, 1.165) is 10.9 Å². The lowest BCUT2D eigenvalue weighted by Crippen LogP contribution is -1.88. The standard InChI is InChI=1S/C43H27N/c1-5-30-16-17-32-18-21-39(40-22-19-31(6-1)42(30)43(32)40)37-10-3-8-34(26-37)29-14-12-28(13-15-29)33-7-2-9-35(25-33)36-20-23-41-38(27-36)11-4-24-44-41/h1-27H. The molecule has 0 radical (unpaired) electrons. The van der Waals surface area contributed by atoms with E-state index in [-0.39, 0.29) is 0 Å². The van der Waals surface area contributed by atoms with Crippen molar-refractivity contribution in [2.45, 2.75) is 0 Å². The first-order valence-electron chi connectivity index (χ1n) is 15.1. The van der Waals surface area contributed by atoms with Crippen LogP contribution in [0.2, 0.25) is 0 Å². The van der Waals surface area contributed by atoms with Gasteiger partial charge < -0.3 is 0 Å². The van der Waals surface area contributed by atoms with Crippen LogP contribution in [0.3, 0.4) is 0 Å². The maximum atomic E-state index is 4.47. The highest BCUT2D eigenvalue weighted by atomic mass is 14.6. The molecule has 204 valence electrons. The number of benzene rings is 8. The molecule has 0 aliphatic carbocycles. The zero-order valence-corrected chi connectivity index (χ0v) is 24.0. The average Bonchev–Trinajstić information content (AvgIpc) is 3.10. The quantitative estimate of drug-likeness (QED) is 0.196.